The normalized spacial score (nSPS) is 10.8. The first-order chi connectivity index (χ1) is 12.2. The molecule has 0 unspecified atom stereocenters. The van der Waals surface area contributed by atoms with E-state index in [1.165, 1.54) is 24.3 Å². The highest BCUT2D eigenvalue weighted by Gasteiger charge is 2.15. The van der Waals surface area contributed by atoms with Crippen molar-refractivity contribution in [1.29, 1.82) is 0 Å². The van der Waals surface area contributed by atoms with E-state index in [9.17, 15) is 14.0 Å². The van der Waals surface area contributed by atoms with Crippen molar-refractivity contribution in [3.63, 3.8) is 0 Å². The summed E-state index contributed by atoms with van der Waals surface area (Å²) >= 11 is 4.93. The van der Waals surface area contributed by atoms with E-state index in [-0.39, 0.29) is 16.1 Å². The molecule has 0 fully saturated rings. The molecule has 0 aliphatic rings. The number of halogens is 1. The van der Waals surface area contributed by atoms with Gasteiger partial charge in [0.25, 0.3) is 11.8 Å². The largest absolute Gasteiger partial charge is 0.298 e. The molecule has 0 heterocycles. The van der Waals surface area contributed by atoms with E-state index in [0.29, 0.717) is 5.56 Å². The maximum atomic E-state index is 13.5. The molecule has 0 aliphatic heterocycles. The van der Waals surface area contributed by atoms with Gasteiger partial charge in [0.05, 0.1) is 5.56 Å². The molecule has 3 N–H and O–H groups in total. The highest BCUT2D eigenvalue weighted by molar-refractivity contribution is 7.80. The van der Waals surface area contributed by atoms with Crippen LogP contribution in [0.5, 0.6) is 0 Å². The molecular formula is C19H20FN3O2S. The Morgan fingerprint density at radius 1 is 0.923 bits per heavy atom. The van der Waals surface area contributed by atoms with Crippen LogP contribution in [0.25, 0.3) is 0 Å². The van der Waals surface area contributed by atoms with Crippen molar-refractivity contribution in [3.8, 4) is 0 Å². The molecule has 2 amide bonds. The SMILES string of the molecule is CC(C)(C)c1ccc(C(=O)NNC(=S)NC(=O)c2ccccc2F)cc1. The summed E-state index contributed by atoms with van der Waals surface area (Å²) in [7, 11) is 0. The number of rotatable bonds is 2. The van der Waals surface area contributed by atoms with Gasteiger partial charge in [0.2, 0.25) is 0 Å². The third-order valence-corrected chi connectivity index (χ3v) is 3.85. The van der Waals surface area contributed by atoms with Crippen LogP contribution in [0.1, 0.15) is 47.1 Å². The van der Waals surface area contributed by atoms with Gasteiger partial charge in [-0.05, 0) is 47.5 Å². The number of amides is 2. The summed E-state index contributed by atoms with van der Waals surface area (Å²) in [4.78, 5) is 24.0. The van der Waals surface area contributed by atoms with Crippen molar-refractivity contribution in [1.82, 2.24) is 16.2 Å². The highest BCUT2D eigenvalue weighted by atomic mass is 32.1. The van der Waals surface area contributed by atoms with Gasteiger partial charge >= 0.3 is 0 Å². The molecular weight excluding hydrogens is 353 g/mol. The summed E-state index contributed by atoms with van der Waals surface area (Å²) in [6.07, 6.45) is 0. The molecule has 0 spiro atoms. The zero-order valence-electron chi connectivity index (χ0n) is 14.7. The Hall–Kier alpha value is -2.80. The first kappa shape index (κ1) is 19.5. The maximum Gasteiger partial charge on any atom is 0.269 e. The molecule has 5 nitrogen and oxygen atoms in total. The van der Waals surface area contributed by atoms with Crippen molar-refractivity contribution < 1.29 is 14.0 Å². The minimum atomic E-state index is -0.704. The van der Waals surface area contributed by atoms with E-state index in [0.717, 1.165) is 5.56 Å². The average Bonchev–Trinajstić information content (AvgIpc) is 2.59. The monoisotopic (exact) mass is 373 g/mol. The van der Waals surface area contributed by atoms with Crippen molar-refractivity contribution in [3.05, 3.63) is 71.0 Å². The van der Waals surface area contributed by atoms with Crippen LogP contribution in [-0.4, -0.2) is 16.9 Å². The molecule has 0 radical (unpaired) electrons. The molecule has 0 saturated carbocycles. The molecule has 2 rings (SSSR count). The number of carbonyl (C=O) groups is 2. The first-order valence-corrected chi connectivity index (χ1v) is 8.36. The second-order valence-corrected chi connectivity index (χ2v) is 7.08. The van der Waals surface area contributed by atoms with E-state index in [1.54, 1.807) is 12.1 Å². The fourth-order valence-electron chi connectivity index (χ4n) is 2.15. The molecule has 0 aliphatic carbocycles. The van der Waals surface area contributed by atoms with E-state index in [4.69, 9.17) is 12.2 Å². The lowest BCUT2D eigenvalue weighted by atomic mass is 9.87. The van der Waals surface area contributed by atoms with Crippen LogP contribution in [0.4, 0.5) is 4.39 Å². The number of hydrogen-bond donors (Lipinski definition) is 3. The summed E-state index contributed by atoms with van der Waals surface area (Å²) in [6.45, 7) is 6.25. The summed E-state index contributed by atoms with van der Waals surface area (Å²) in [5.41, 5.74) is 6.21. The molecule has 136 valence electrons. The minimum Gasteiger partial charge on any atom is -0.298 e. The van der Waals surface area contributed by atoms with Gasteiger partial charge in [0, 0.05) is 5.56 Å². The topological polar surface area (TPSA) is 70.2 Å². The van der Waals surface area contributed by atoms with Crippen molar-refractivity contribution in [2.24, 2.45) is 0 Å². The number of nitrogens with one attached hydrogen (secondary N) is 3. The zero-order chi connectivity index (χ0) is 19.3. The van der Waals surface area contributed by atoms with Gasteiger partial charge in [-0.3, -0.25) is 25.8 Å². The molecule has 2 aromatic rings. The molecule has 0 atom stereocenters. The Morgan fingerprint density at radius 3 is 2.12 bits per heavy atom. The van der Waals surface area contributed by atoms with Crippen LogP contribution in [0.3, 0.4) is 0 Å². The number of hydrazine groups is 1. The maximum absolute atomic E-state index is 13.5. The van der Waals surface area contributed by atoms with Gasteiger partial charge in [-0.25, -0.2) is 4.39 Å². The van der Waals surface area contributed by atoms with Crippen molar-refractivity contribution in [2.75, 3.05) is 0 Å². The molecule has 7 heteroatoms. The van der Waals surface area contributed by atoms with Crippen LogP contribution >= 0.6 is 12.2 Å². The third-order valence-electron chi connectivity index (χ3n) is 3.65. The Labute approximate surface area is 157 Å². The quantitative estimate of drug-likeness (QED) is 0.559. The predicted molar refractivity (Wildman–Crippen MR) is 102 cm³/mol. The molecule has 0 saturated heterocycles. The van der Waals surface area contributed by atoms with Crippen molar-refractivity contribution in [2.45, 2.75) is 26.2 Å². The van der Waals surface area contributed by atoms with E-state index in [2.05, 4.69) is 36.9 Å². The van der Waals surface area contributed by atoms with Crippen LogP contribution in [0.15, 0.2) is 48.5 Å². The molecule has 26 heavy (non-hydrogen) atoms. The third kappa shape index (κ3) is 5.10. The zero-order valence-corrected chi connectivity index (χ0v) is 15.5. The smallest absolute Gasteiger partial charge is 0.269 e. The highest BCUT2D eigenvalue weighted by Crippen LogP contribution is 2.22. The second kappa shape index (κ2) is 8.05. The van der Waals surface area contributed by atoms with Gasteiger partial charge in [-0.1, -0.05) is 45.0 Å². The molecule has 0 bridgehead atoms. The van der Waals surface area contributed by atoms with Gasteiger partial charge < -0.3 is 0 Å². The van der Waals surface area contributed by atoms with Gasteiger partial charge in [-0.15, -0.1) is 0 Å². The lowest BCUT2D eigenvalue weighted by molar-refractivity contribution is 0.0933. The first-order valence-electron chi connectivity index (χ1n) is 7.95. The van der Waals surface area contributed by atoms with Gasteiger partial charge in [-0.2, -0.15) is 0 Å². The average molecular weight is 373 g/mol. The minimum absolute atomic E-state index is 0.00812. The lowest BCUT2D eigenvalue weighted by Crippen LogP contribution is -2.48. The Bertz CT molecular complexity index is 829. The van der Waals surface area contributed by atoms with Crippen molar-refractivity contribution >= 4 is 29.1 Å². The summed E-state index contributed by atoms with van der Waals surface area (Å²) in [5.74, 6) is -1.77. The lowest BCUT2D eigenvalue weighted by Gasteiger charge is -2.19. The van der Waals surface area contributed by atoms with Gasteiger partial charge in [0.1, 0.15) is 5.82 Å². The van der Waals surface area contributed by atoms with E-state index >= 15 is 0 Å². The van der Waals surface area contributed by atoms with Crippen LogP contribution in [0.2, 0.25) is 0 Å². The molecule has 2 aromatic carbocycles. The second-order valence-electron chi connectivity index (χ2n) is 6.67. The fourth-order valence-corrected chi connectivity index (χ4v) is 2.30. The van der Waals surface area contributed by atoms with E-state index < -0.39 is 17.6 Å². The number of hydrogen-bond acceptors (Lipinski definition) is 3. The Balaban J connectivity index is 1.90. The van der Waals surface area contributed by atoms with Crippen LogP contribution < -0.4 is 16.2 Å². The molecule has 0 aromatic heterocycles. The van der Waals surface area contributed by atoms with E-state index in [1.807, 2.05) is 12.1 Å². The number of benzene rings is 2. The summed E-state index contributed by atoms with van der Waals surface area (Å²) in [6, 6.07) is 12.7. The summed E-state index contributed by atoms with van der Waals surface area (Å²) < 4.78 is 13.5. The Kier molecular flexibility index (Phi) is 6.05. The Morgan fingerprint density at radius 2 is 1.54 bits per heavy atom. The van der Waals surface area contributed by atoms with Gasteiger partial charge in [0.15, 0.2) is 5.11 Å². The standard InChI is InChI=1S/C19H20FN3O2S/c1-19(2,3)13-10-8-12(9-11-13)16(24)22-23-18(26)21-17(25)14-6-4-5-7-15(14)20/h4-11H,1-3H3,(H,22,24)(H2,21,23,25,26). The predicted octanol–water partition coefficient (Wildman–Crippen LogP) is 3.07. The number of carbonyl (C=O) groups excluding carboxylic acids is 2. The summed E-state index contributed by atoms with van der Waals surface area (Å²) in [5, 5.41) is 2.16. The number of thiocarbonyl (C=S) groups is 1. The van der Waals surface area contributed by atoms with Crippen LogP contribution in [0, 0.1) is 5.82 Å². The van der Waals surface area contributed by atoms with Crippen LogP contribution in [-0.2, 0) is 5.41 Å². The fraction of sp³-hybridized carbons (Fsp3) is 0.211.